The van der Waals surface area contributed by atoms with Gasteiger partial charge in [-0.2, -0.15) is 4.98 Å². The maximum atomic E-state index is 11.8. The second kappa shape index (κ2) is 5.46. The monoisotopic (exact) mass is 329 g/mol. The fraction of sp³-hybridized carbons (Fsp3) is 0.538. The minimum atomic E-state index is -2.98. The first-order chi connectivity index (χ1) is 10.0. The van der Waals surface area contributed by atoms with Crippen LogP contribution >= 0.6 is 11.6 Å². The van der Waals surface area contributed by atoms with Gasteiger partial charge in [-0.05, 0) is 12.5 Å². The molecule has 0 aliphatic carbocycles. The zero-order valence-corrected chi connectivity index (χ0v) is 13.2. The highest BCUT2D eigenvalue weighted by molar-refractivity contribution is 7.91. The van der Waals surface area contributed by atoms with E-state index in [1.165, 1.54) is 0 Å². The fourth-order valence-corrected chi connectivity index (χ4v) is 4.61. The van der Waals surface area contributed by atoms with Crippen LogP contribution in [0.2, 0.25) is 0 Å². The van der Waals surface area contributed by atoms with Crippen molar-refractivity contribution in [3.8, 4) is 5.88 Å². The van der Waals surface area contributed by atoms with E-state index in [1.807, 2.05) is 10.6 Å². The van der Waals surface area contributed by atoms with Crippen LogP contribution in [0.5, 0.6) is 5.88 Å². The van der Waals surface area contributed by atoms with Gasteiger partial charge in [-0.3, -0.25) is 0 Å². The Morgan fingerprint density at radius 3 is 2.86 bits per heavy atom. The van der Waals surface area contributed by atoms with E-state index in [0.717, 1.165) is 11.3 Å². The maximum absolute atomic E-state index is 11.8. The van der Waals surface area contributed by atoms with Crippen molar-refractivity contribution in [2.24, 2.45) is 0 Å². The Balaban J connectivity index is 2.15. The van der Waals surface area contributed by atoms with E-state index in [0.29, 0.717) is 30.2 Å². The van der Waals surface area contributed by atoms with Crippen LogP contribution in [-0.2, 0) is 16.3 Å². The Morgan fingerprint density at radius 2 is 2.24 bits per heavy atom. The zero-order chi connectivity index (χ0) is 15.0. The Labute approximate surface area is 128 Å². The molecule has 1 aliphatic heterocycles. The molecule has 2 aromatic heterocycles. The molecule has 114 valence electrons. The van der Waals surface area contributed by atoms with Gasteiger partial charge >= 0.3 is 0 Å². The average Bonchev–Trinajstić information content (AvgIpc) is 2.97. The molecule has 1 saturated heterocycles. The third-order valence-corrected chi connectivity index (χ3v) is 5.62. The molecule has 0 amide bonds. The predicted octanol–water partition coefficient (Wildman–Crippen LogP) is 1.58. The summed E-state index contributed by atoms with van der Waals surface area (Å²) in [6, 6.07) is 3.45. The van der Waals surface area contributed by atoms with Crippen LogP contribution in [0.4, 0.5) is 0 Å². The van der Waals surface area contributed by atoms with Crippen molar-refractivity contribution in [2.75, 3.05) is 24.5 Å². The van der Waals surface area contributed by atoms with Gasteiger partial charge in [0.1, 0.15) is 11.3 Å². The summed E-state index contributed by atoms with van der Waals surface area (Å²) in [5.74, 6) is 2.04. The van der Waals surface area contributed by atoms with Crippen molar-refractivity contribution in [3.05, 3.63) is 18.0 Å². The summed E-state index contributed by atoms with van der Waals surface area (Å²) in [4.78, 5) is 8.97. The normalized spacial score (nSPS) is 21.0. The summed E-state index contributed by atoms with van der Waals surface area (Å²) in [6.07, 6.45) is 1.17. The Kier molecular flexibility index (Phi) is 3.79. The maximum Gasteiger partial charge on any atom is 0.215 e. The number of imidazole rings is 1. The molecule has 0 N–H and O–H groups in total. The molecule has 1 fully saturated rings. The molecule has 0 radical (unpaired) electrons. The molecule has 8 heteroatoms. The average molecular weight is 330 g/mol. The van der Waals surface area contributed by atoms with Crippen LogP contribution in [0.25, 0.3) is 11.2 Å². The van der Waals surface area contributed by atoms with Crippen molar-refractivity contribution in [1.82, 2.24) is 14.5 Å². The van der Waals surface area contributed by atoms with Crippen molar-refractivity contribution >= 4 is 32.6 Å². The predicted molar refractivity (Wildman–Crippen MR) is 80.8 cm³/mol. The van der Waals surface area contributed by atoms with Gasteiger partial charge in [0.25, 0.3) is 0 Å². The van der Waals surface area contributed by atoms with Gasteiger partial charge in [-0.1, -0.05) is 0 Å². The standard InChI is InChI=1S/C13H16ClN3O3S/c1-20-12-3-2-10-13(16-12)17(11(15-10)4-6-14)9-5-7-21(18,19)8-9/h2-3,9H,4-8H2,1H3. The number of pyridine rings is 1. The first kappa shape index (κ1) is 14.6. The van der Waals surface area contributed by atoms with Gasteiger partial charge in [0.05, 0.1) is 24.7 Å². The molecule has 3 heterocycles. The van der Waals surface area contributed by atoms with Crippen LogP contribution in [0.3, 0.4) is 0 Å². The first-order valence-corrected chi connectivity index (χ1v) is 9.08. The Morgan fingerprint density at radius 1 is 1.43 bits per heavy atom. The summed E-state index contributed by atoms with van der Waals surface area (Å²) < 4.78 is 30.6. The summed E-state index contributed by atoms with van der Waals surface area (Å²) in [7, 11) is -1.43. The number of aromatic nitrogens is 3. The summed E-state index contributed by atoms with van der Waals surface area (Å²) in [5, 5.41) is 0. The number of methoxy groups -OCH3 is 1. The molecule has 6 nitrogen and oxygen atoms in total. The van der Waals surface area contributed by atoms with E-state index >= 15 is 0 Å². The fourth-order valence-electron chi connectivity index (χ4n) is 2.74. The molecular formula is C13H16ClN3O3S. The molecule has 0 bridgehead atoms. The summed E-state index contributed by atoms with van der Waals surface area (Å²) in [6.45, 7) is 0. The van der Waals surface area contributed by atoms with Crippen LogP contribution in [0.15, 0.2) is 12.1 Å². The van der Waals surface area contributed by atoms with Gasteiger partial charge in [0.15, 0.2) is 15.5 Å². The third-order valence-electron chi connectivity index (χ3n) is 3.69. The van der Waals surface area contributed by atoms with E-state index in [2.05, 4.69) is 9.97 Å². The number of hydrogen-bond acceptors (Lipinski definition) is 5. The van der Waals surface area contributed by atoms with Gasteiger partial charge in [0, 0.05) is 18.4 Å². The number of aryl methyl sites for hydroxylation is 1. The number of halogens is 1. The lowest BCUT2D eigenvalue weighted by Gasteiger charge is -2.14. The molecule has 1 aliphatic rings. The number of ether oxygens (including phenoxy) is 1. The van der Waals surface area contributed by atoms with Crippen LogP contribution in [0.1, 0.15) is 18.3 Å². The molecule has 2 aromatic rings. The third kappa shape index (κ3) is 2.72. The quantitative estimate of drug-likeness (QED) is 0.796. The smallest absolute Gasteiger partial charge is 0.215 e. The number of rotatable bonds is 4. The number of fused-ring (bicyclic) bond motifs is 1. The van der Waals surface area contributed by atoms with Crippen LogP contribution < -0.4 is 4.74 Å². The minimum absolute atomic E-state index is 0.127. The van der Waals surface area contributed by atoms with E-state index in [9.17, 15) is 8.42 Å². The molecule has 21 heavy (non-hydrogen) atoms. The first-order valence-electron chi connectivity index (χ1n) is 6.72. The molecule has 3 rings (SSSR count). The van der Waals surface area contributed by atoms with Gasteiger partial charge in [-0.15, -0.1) is 11.6 Å². The molecule has 0 spiro atoms. The number of sulfone groups is 1. The number of nitrogens with zero attached hydrogens (tertiary/aromatic N) is 3. The summed E-state index contributed by atoms with van der Waals surface area (Å²) in [5.41, 5.74) is 1.40. The van der Waals surface area contributed by atoms with E-state index in [-0.39, 0.29) is 17.5 Å². The number of hydrogen-bond donors (Lipinski definition) is 0. The van der Waals surface area contributed by atoms with Gasteiger partial charge < -0.3 is 9.30 Å². The van der Waals surface area contributed by atoms with E-state index in [4.69, 9.17) is 16.3 Å². The largest absolute Gasteiger partial charge is 0.481 e. The van der Waals surface area contributed by atoms with E-state index in [1.54, 1.807) is 13.2 Å². The second-order valence-corrected chi connectivity index (χ2v) is 7.70. The van der Waals surface area contributed by atoms with Crippen LogP contribution in [-0.4, -0.2) is 47.4 Å². The molecule has 0 saturated carbocycles. The van der Waals surface area contributed by atoms with Crippen LogP contribution in [0, 0.1) is 0 Å². The van der Waals surface area contributed by atoms with Crippen molar-refractivity contribution in [3.63, 3.8) is 0 Å². The van der Waals surface area contributed by atoms with Crippen molar-refractivity contribution in [2.45, 2.75) is 18.9 Å². The lowest BCUT2D eigenvalue weighted by Crippen LogP contribution is -2.15. The molecular weight excluding hydrogens is 314 g/mol. The number of alkyl halides is 1. The van der Waals surface area contributed by atoms with Gasteiger partial charge in [-0.25, -0.2) is 13.4 Å². The Bertz CT molecular complexity index is 772. The zero-order valence-electron chi connectivity index (χ0n) is 11.6. The summed E-state index contributed by atoms with van der Waals surface area (Å²) >= 11 is 5.84. The topological polar surface area (TPSA) is 74.1 Å². The van der Waals surface area contributed by atoms with Crippen molar-refractivity contribution in [1.29, 1.82) is 0 Å². The van der Waals surface area contributed by atoms with Crippen molar-refractivity contribution < 1.29 is 13.2 Å². The highest BCUT2D eigenvalue weighted by Crippen LogP contribution is 2.29. The minimum Gasteiger partial charge on any atom is -0.481 e. The second-order valence-electron chi connectivity index (χ2n) is 5.09. The molecule has 0 aromatic carbocycles. The Hall–Kier alpha value is -1.34. The lowest BCUT2D eigenvalue weighted by molar-refractivity contribution is 0.398. The highest BCUT2D eigenvalue weighted by Gasteiger charge is 2.32. The van der Waals surface area contributed by atoms with E-state index < -0.39 is 9.84 Å². The SMILES string of the molecule is COc1ccc2nc(CCCl)n(C3CCS(=O)(=O)C3)c2n1. The molecule has 1 atom stereocenters. The van der Waals surface area contributed by atoms with Gasteiger partial charge in [0.2, 0.25) is 5.88 Å². The molecule has 1 unspecified atom stereocenters. The lowest BCUT2D eigenvalue weighted by atomic mass is 10.2. The highest BCUT2D eigenvalue weighted by atomic mass is 35.5.